The van der Waals surface area contributed by atoms with E-state index in [1.54, 1.807) is 12.1 Å². The number of hydrogen-bond acceptors (Lipinski definition) is 3. The maximum absolute atomic E-state index is 12.9. The van der Waals surface area contributed by atoms with Gasteiger partial charge in [0.1, 0.15) is 17.6 Å². The molecule has 3 N–H and O–H groups in total. The van der Waals surface area contributed by atoms with Gasteiger partial charge in [-0.25, -0.2) is 4.39 Å². The van der Waals surface area contributed by atoms with Crippen molar-refractivity contribution in [3.63, 3.8) is 0 Å². The number of nitrogens with one attached hydrogen (secondary N) is 1. The van der Waals surface area contributed by atoms with Crippen LogP contribution in [0.1, 0.15) is 11.6 Å². The van der Waals surface area contributed by atoms with Crippen LogP contribution in [0, 0.1) is 5.82 Å². The zero-order chi connectivity index (χ0) is 14.5. The Balaban J connectivity index is 2.30. The Hall–Kier alpha value is -2.56. The van der Waals surface area contributed by atoms with Crippen molar-refractivity contribution in [1.82, 2.24) is 0 Å². The first-order chi connectivity index (χ1) is 9.61. The van der Waals surface area contributed by atoms with Crippen molar-refractivity contribution >= 4 is 11.6 Å². The lowest BCUT2D eigenvalue weighted by atomic mass is 10.1. The van der Waals surface area contributed by atoms with Gasteiger partial charge in [-0.1, -0.05) is 24.3 Å². The zero-order valence-electron chi connectivity index (χ0n) is 11.0. The topological polar surface area (TPSA) is 64.3 Å². The van der Waals surface area contributed by atoms with Crippen LogP contribution in [-0.2, 0) is 4.79 Å². The third-order valence-electron chi connectivity index (χ3n) is 2.89. The molecule has 1 amide bonds. The number of primary amides is 1. The van der Waals surface area contributed by atoms with Crippen molar-refractivity contribution < 1.29 is 13.9 Å². The number of hydrogen-bond donors (Lipinski definition) is 2. The number of carbonyl (C=O) groups is 1. The van der Waals surface area contributed by atoms with Crippen molar-refractivity contribution in [3.05, 3.63) is 59.9 Å². The van der Waals surface area contributed by atoms with Crippen molar-refractivity contribution in [2.75, 3.05) is 12.4 Å². The van der Waals surface area contributed by atoms with E-state index in [4.69, 9.17) is 10.5 Å². The Morgan fingerprint density at radius 1 is 1.20 bits per heavy atom. The zero-order valence-corrected chi connectivity index (χ0v) is 11.0. The maximum Gasteiger partial charge on any atom is 0.244 e. The first kappa shape index (κ1) is 13.9. The van der Waals surface area contributed by atoms with Crippen molar-refractivity contribution in [1.29, 1.82) is 0 Å². The molecular weight excluding hydrogens is 259 g/mol. The van der Waals surface area contributed by atoms with Crippen LogP contribution in [0.2, 0.25) is 0 Å². The highest BCUT2D eigenvalue weighted by atomic mass is 19.1. The Morgan fingerprint density at radius 3 is 2.45 bits per heavy atom. The summed E-state index contributed by atoms with van der Waals surface area (Å²) in [6.07, 6.45) is 0. The number of anilines is 1. The molecule has 20 heavy (non-hydrogen) atoms. The number of benzene rings is 2. The predicted molar refractivity (Wildman–Crippen MR) is 75.0 cm³/mol. The van der Waals surface area contributed by atoms with Crippen LogP contribution < -0.4 is 15.8 Å². The molecule has 2 aromatic rings. The average molecular weight is 274 g/mol. The number of carbonyl (C=O) groups excluding carboxylic acids is 1. The SMILES string of the molecule is COc1ccccc1NC(C(N)=O)c1ccc(F)cc1. The summed E-state index contributed by atoms with van der Waals surface area (Å²) in [4.78, 5) is 11.6. The molecule has 0 heterocycles. The van der Waals surface area contributed by atoms with Gasteiger partial charge in [0.25, 0.3) is 0 Å². The lowest BCUT2D eigenvalue weighted by molar-refractivity contribution is -0.118. The fraction of sp³-hybridized carbons (Fsp3) is 0.133. The summed E-state index contributed by atoms with van der Waals surface area (Å²) in [5.41, 5.74) is 6.64. The van der Waals surface area contributed by atoms with E-state index in [0.717, 1.165) is 0 Å². The molecule has 1 atom stereocenters. The minimum Gasteiger partial charge on any atom is -0.495 e. The van der Waals surface area contributed by atoms with Gasteiger partial charge in [0.05, 0.1) is 12.8 Å². The van der Waals surface area contributed by atoms with Gasteiger partial charge >= 0.3 is 0 Å². The van der Waals surface area contributed by atoms with E-state index in [1.807, 2.05) is 12.1 Å². The second kappa shape index (κ2) is 6.06. The van der Waals surface area contributed by atoms with Crippen LogP contribution >= 0.6 is 0 Å². The molecule has 0 aliphatic carbocycles. The van der Waals surface area contributed by atoms with E-state index in [1.165, 1.54) is 31.4 Å². The van der Waals surface area contributed by atoms with E-state index in [-0.39, 0.29) is 5.82 Å². The number of ether oxygens (including phenoxy) is 1. The van der Waals surface area contributed by atoms with Crippen molar-refractivity contribution in [2.45, 2.75) is 6.04 Å². The molecule has 0 aliphatic heterocycles. The second-order valence-electron chi connectivity index (χ2n) is 4.23. The minimum atomic E-state index is -0.758. The Morgan fingerprint density at radius 2 is 1.85 bits per heavy atom. The van der Waals surface area contributed by atoms with E-state index >= 15 is 0 Å². The molecule has 0 radical (unpaired) electrons. The number of halogens is 1. The molecule has 0 saturated carbocycles. The van der Waals surface area contributed by atoms with Crippen LogP contribution in [-0.4, -0.2) is 13.0 Å². The molecule has 0 bridgehead atoms. The van der Waals surface area contributed by atoms with Crippen LogP contribution in [0.25, 0.3) is 0 Å². The van der Waals surface area contributed by atoms with Crippen LogP contribution in [0.5, 0.6) is 5.75 Å². The largest absolute Gasteiger partial charge is 0.495 e. The molecule has 0 spiro atoms. The van der Waals surface area contributed by atoms with Gasteiger partial charge in [-0.2, -0.15) is 0 Å². The van der Waals surface area contributed by atoms with Crippen LogP contribution in [0.15, 0.2) is 48.5 Å². The summed E-state index contributed by atoms with van der Waals surface area (Å²) in [6, 6.07) is 12.0. The molecule has 0 saturated heterocycles. The lowest BCUT2D eigenvalue weighted by Crippen LogP contribution is -2.27. The van der Waals surface area contributed by atoms with Crippen molar-refractivity contribution in [2.24, 2.45) is 5.73 Å². The summed E-state index contributed by atoms with van der Waals surface area (Å²) in [5.74, 6) is -0.322. The van der Waals surface area contributed by atoms with E-state index in [9.17, 15) is 9.18 Å². The highest BCUT2D eigenvalue weighted by Crippen LogP contribution is 2.27. The normalized spacial score (nSPS) is 11.7. The quantitative estimate of drug-likeness (QED) is 0.880. The Labute approximate surface area is 116 Å². The first-order valence-corrected chi connectivity index (χ1v) is 6.06. The van der Waals surface area contributed by atoms with Gasteiger partial charge in [-0.05, 0) is 29.8 Å². The summed E-state index contributed by atoms with van der Waals surface area (Å²) >= 11 is 0. The molecule has 0 fully saturated rings. The lowest BCUT2D eigenvalue weighted by Gasteiger charge is -2.19. The standard InChI is InChI=1S/C15H15FN2O2/c1-20-13-5-3-2-4-12(13)18-14(15(17)19)10-6-8-11(16)9-7-10/h2-9,14,18H,1H3,(H2,17,19). The van der Waals surface area contributed by atoms with Crippen LogP contribution in [0.3, 0.4) is 0 Å². The fourth-order valence-corrected chi connectivity index (χ4v) is 1.89. The number of rotatable bonds is 5. The number of para-hydroxylation sites is 2. The van der Waals surface area contributed by atoms with Gasteiger partial charge in [-0.3, -0.25) is 4.79 Å². The summed E-state index contributed by atoms with van der Waals surface area (Å²) in [6.45, 7) is 0. The molecular formula is C15H15FN2O2. The molecule has 5 heteroatoms. The van der Waals surface area contributed by atoms with E-state index in [2.05, 4.69) is 5.32 Å². The van der Waals surface area contributed by atoms with Gasteiger partial charge < -0.3 is 15.8 Å². The summed E-state index contributed by atoms with van der Waals surface area (Å²) in [5, 5.41) is 3.01. The Kier molecular flexibility index (Phi) is 4.20. The van der Waals surface area contributed by atoms with Gasteiger partial charge in [0, 0.05) is 0 Å². The first-order valence-electron chi connectivity index (χ1n) is 6.06. The molecule has 2 aromatic carbocycles. The van der Waals surface area contributed by atoms with Gasteiger partial charge in [0.2, 0.25) is 5.91 Å². The average Bonchev–Trinajstić information content (AvgIpc) is 2.46. The molecule has 2 rings (SSSR count). The summed E-state index contributed by atoms with van der Waals surface area (Å²) in [7, 11) is 1.54. The fourth-order valence-electron chi connectivity index (χ4n) is 1.89. The molecule has 4 nitrogen and oxygen atoms in total. The molecule has 104 valence electrons. The number of amides is 1. The van der Waals surface area contributed by atoms with E-state index < -0.39 is 11.9 Å². The predicted octanol–water partition coefficient (Wildman–Crippen LogP) is 2.47. The smallest absolute Gasteiger partial charge is 0.244 e. The van der Waals surface area contributed by atoms with Crippen LogP contribution in [0.4, 0.5) is 10.1 Å². The van der Waals surface area contributed by atoms with Gasteiger partial charge in [-0.15, -0.1) is 0 Å². The number of methoxy groups -OCH3 is 1. The second-order valence-corrected chi connectivity index (χ2v) is 4.23. The minimum absolute atomic E-state index is 0.366. The molecule has 0 aromatic heterocycles. The van der Waals surface area contributed by atoms with Gasteiger partial charge in [0.15, 0.2) is 0 Å². The number of nitrogens with two attached hydrogens (primary N) is 1. The van der Waals surface area contributed by atoms with Crippen molar-refractivity contribution in [3.8, 4) is 5.75 Å². The monoisotopic (exact) mass is 274 g/mol. The third kappa shape index (κ3) is 3.06. The molecule has 0 aliphatic rings. The van der Waals surface area contributed by atoms with E-state index in [0.29, 0.717) is 17.0 Å². The summed E-state index contributed by atoms with van der Waals surface area (Å²) < 4.78 is 18.1. The Bertz CT molecular complexity index is 599. The molecule has 1 unspecified atom stereocenters. The maximum atomic E-state index is 12.9. The third-order valence-corrected chi connectivity index (χ3v) is 2.89. The highest BCUT2D eigenvalue weighted by Gasteiger charge is 2.19. The highest BCUT2D eigenvalue weighted by molar-refractivity contribution is 5.85.